The van der Waals surface area contributed by atoms with Gasteiger partial charge in [0, 0.05) is 30.4 Å². The third kappa shape index (κ3) is 3.67. The first kappa shape index (κ1) is 18.2. The predicted octanol–water partition coefficient (Wildman–Crippen LogP) is 1.38. The zero-order valence-electron chi connectivity index (χ0n) is 14.2. The van der Waals surface area contributed by atoms with Crippen molar-refractivity contribution < 1.29 is 19.1 Å². The predicted molar refractivity (Wildman–Crippen MR) is 94.0 cm³/mol. The van der Waals surface area contributed by atoms with Crippen LogP contribution in [0.15, 0.2) is 23.6 Å². The molecule has 0 aliphatic carbocycles. The quantitative estimate of drug-likeness (QED) is 0.254. The first-order chi connectivity index (χ1) is 11.7. The van der Waals surface area contributed by atoms with Crippen molar-refractivity contribution in [3.63, 3.8) is 0 Å². The summed E-state index contributed by atoms with van der Waals surface area (Å²) in [4.78, 5) is 46.2. The summed E-state index contributed by atoms with van der Waals surface area (Å²) in [6.45, 7) is 5.61. The Balaban J connectivity index is 1.80. The third-order valence-electron chi connectivity index (χ3n) is 3.82. The van der Waals surface area contributed by atoms with Gasteiger partial charge in [-0.25, -0.2) is 9.97 Å². The number of ether oxygens (including phenoxy) is 1. The van der Waals surface area contributed by atoms with Crippen molar-refractivity contribution in [2.45, 2.75) is 36.9 Å². The van der Waals surface area contributed by atoms with Gasteiger partial charge in [-0.05, 0) is 26.8 Å². The molecule has 1 amide bonds. The average Bonchev–Trinajstić information content (AvgIpc) is 2.58. The van der Waals surface area contributed by atoms with E-state index in [0.717, 1.165) is 0 Å². The van der Waals surface area contributed by atoms with Gasteiger partial charge < -0.3 is 9.64 Å². The van der Waals surface area contributed by atoms with Gasteiger partial charge in [0.1, 0.15) is 16.4 Å². The molecule has 0 aromatic carbocycles. The van der Waals surface area contributed by atoms with Crippen molar-refractivity contribution in [1.29, 1.82) is 0 Å². The highest BCUT2D eigenvalue weighted by molar-refractivity contribution is 8.01. The van der Waals surface area contributed by atoms with Crippen LogP contribution in [0.4, 0.5) is 0 Å². The Hall–Kier alpha value is -1.61. The van der Waals surface area contributed by atoms with Crippen LogP contribution in [0.2, 0.25) is 0 Å². The molecule has 1 aromatic heterocycles. The lowest BCUT2D eigenvalue weighted by Crippen LogP contribution is -2.68. The zero-order chi connectivity index (χ0) is 18.2. The Morgan fingerprint density at radius 2 is 2.08 bits per heavy atom. The van der Waals surface area contributed by atoms with Crippen LogP contribution in [0.1, 0.15) is 20.8 Å². The number of carbonyl (C=O) groups is 3. The van der Waals surface area contributed by atoms with E-state index < -0.39 is 22.3 Å². The van der Waals surface area contributed by atoms with E-state index in [1.54, 1.807) is 18.5 Å². The highest BCUT2D eigenvalue weighted by atomic mass is 32.2. The highest BCUT2D eigenvalue weighted by Crippen LogP contribution is 2.43. The van der Waals surface area contributed by atoms with E-state index in [0.29, 0.717) is 16.7 Å². The molecule has 2 saturated heterocycles. The largest absolute Gasteiger partial charge is 0.459 e. The molecule has 0 radical (unpaired) electrons. The zero-order valence-corrected chi connectivity index (χ0v) is 15.9. The van der Waals surface area contributed by atoms with Crippen molar-refractivity contribution in [3.8, 4) is 0 Å². The molecule has 2 aliphatic heterocycles. The number of fused-ring (bicyclic) bond motifs is 1. The molecule has 0 spiro atoms. The number of hydrogen-bond donors (Lipinski definition) is 0. The highest BCUT2D eigenvalue weighted by Gasteiger charge is 2.57. The molecule has 2 aliphatic rings. The minimum absolute atomic E-state index is 0.185. The maximum absolute atomic E-state index is 12.9. The summed E-state index contributed by atoms with van der Waals surface area (Å²) in [6.07, 6.45) is 3.28. The minimum Gasteiger partial charge on any atom is -0.459 e. The first-order valence-electron chi connectivity index (χ1n) is 7.82. The van der Waals surface area contributed by atoms with E-state index in [1.807, 2.05) is 20.8 Å². The van der Waals surface area contributed by atoms with Crippen LogP contribution in [0.5, 0.6) is 0 Å². The van der Waals surface area contributed by atoms with Crippen LogP contribution in [0.3, 0.4) is 0 Å². The van der Waals surface area contributed by atoms with Gasteiger partial charge in [-0.2, -0.15) is 0 Å². The number of Topliss-reactive ketones (excluding diaryl/α,β-unsaturated/α-hetero) is 1. The standard InChI is InChI=1S/C16H19N3O4S2/c1-15(2,3)23-13(22)16(9-25-14-17-5-4-6-18-14)7-19-11(21)10(20)12(19)24-8-16/h4-6,12H,7-9H2,1-3H3/t12-,16?/m1/s1. The minimum atomic E-state index is -0.894. The summed E-state index contributed by atoms with van der Waals surface area (Å²) in [5, 5.41) is 0.101. The molecule has 3 heterocycles. The van der Waals surface area contributed by atoms with Crippen LogP contribution < -0.4 is 0 Å². The molecular formula is C16H19N3O4S2. The van der Waals surface area contributed by atoms with Crippen molar-refractivity contribution >= 4 is 41.2 Å². The van der Waals surface area contributed by atoms with E-state index in [2.05, 4.69) is 9.97 Å². The summed E-state index contributed by atoms with van der Waals surface area (Å²) >= 11 is 2.67. The van der Waals surface area contributed by atoms with E-state index in [-0.39, 0.29) is 18.3 Å². The molecule has 2 atom stereocenters. The van der Waals surface area contributed by atoms with Crippen LogP contribution in [0, 0.1) is 5.41 Å². The van der Waals surface area contributed by atoms with Crippen molar-refractivity contribution in [3.05, 3.63) is 18.5 Å². The van der Waals surface area contributed by atoms with E-state index in [9.17, 15) is 14.4 Å². The number of rotatable bonds is 4. The number of carbonyl (C=O) groups excluding carboxylic acids is 3. The van der Waals surface area contributed by atoms with Crippen LogP contribution in [-0.2, 0) is 19.1 Å². The number of ketones is 1. The lowest BCUT2D eigenvalue weighted by Gasteiger charge is -2.49. The Kier molecular flexibility index (Phi) is 4.80. The van der Waals surface area contributed by atoms with Crippen molar-refractivity contribution in [2.75, 3.05) is 18.1 Å². The molecular weight excluding hydrogens is 362 g/mol. The summed E-state index contributed by atoms with van der Waals surface area (Å²) < 4.78 is 5.61. The number of nitrogens with zero attached hydrogens (tertiary/aromatic N) is 3. The normalized spacial score (nSPS) is 26.0. The summed E-state index contributed by atoms with van der Waals surface area (Å²) in [5.74, 6) is -0.472. The number of amides is 1. The summed E-state index contributed by atoms with van der Waals surface area (Å²) in [7, 11) is 0. The van der Waals surface area contributed by atoms with Gasteiger partial charge in [-0.15, -0.1) is 11.8 Å². The van der Waals surface area contributed by atoms with E-state index >= 15 is 0 Å². The molecule has 0 saturated carbocycles. The maximum Gasteiger partial charge on any atom is 0.316 e. The number of aromatic nitrogens is 2. The second-order valence-electron chi connectivity index (χ2n) is 7.06. The molecule has 9 heteroatoms. The maximum atomic E-state index is 12.9. The fourth-order valence-corrected chi connectivity index (χ4v) is 5.09. The van der Waals surface area contributed by atoms with E-state index in [4.69, 9.17) is 4.74 Å². The first-order valence-corrected chi connectivity index (χ1v) is 9.85. The second kappa shape index (κ2) is 6.60. The summed E-state index contributed by atoms with van der Waals surface area (Å²) in [6, 6.07) is 1.72. The lowest BCUT2D eigenvalue weighted by atomic mass is 9.89. The van der Waals surface area contributed by atoms with Gasteiger partial charge in [0.2, 0.25) is 0 Å². The Bertz CT molecular complexity index is 707. The Labute approximate surface area is 154 Å². The molecule has 134 valence electrons. The van der Waals surface area contributed by atoms with Gasteiger partial charge in [0.15, 0.2) is 5.16 Å². The molecule has 2 fully saturated rings. The van der Waals surface area contributed by atoms with Crippen LogP contribution in [-0.4, -0.2) is 61.6 Å². The fourth-order valence-electron chi connectivity index (χ4n) is 2.58. The van der Waals surface area contributed by atoms with Gasteiger partial charge in [0.25, 0.3) is 11.7 Å². The molecule has 1 unspecified atom stereocenters. The Morgan fingerprint density at radius 1 is 1.40 bits per heavy atom. The lowest BCUT2D eigenvalue weighted by molar-refractivity contribution is -0.171. The molecule has 1 aromatic rings. The molecule has 3 rings (SSSR count). The molecule has 0 N–H and O–H groups in total. The third-order valence-corrected chi connectivity index (χ3v) is 6.49. The number of thioether (sulfide) groups is 2. The van der Waals surface area contributed by atoms with Gasteiger partial charge in [0.05, 0.1) is 0 Å². The van der Waals surface area contributed by atoms with Gasteiger partial charge in [-0.3, -0.25) is 14.4 Å². The fraction of sp³-hybridized carbons (Fsp3) is 0.562. The van der Waals surface area contributed by atoms with Crippen LogP contribution >= 0.6 is 23.5 Å². The molecule has 0 bridgehead atoms. The smallest absolute Gasteiger partial charge is 0.316 e. The Morgan fingerprint density at radius 3 is 2.72 bits per heavy atom. The number of esters is 1. The monoisotopic (exact) mass is 381 g/mol. The van der Waals surface area contributed by atoms with Crippen molar-refractivity contribution in [2.24, 2.45) is 5.41 Å². The van der Waals surface area contributed by atoms with Crippen molar-refractivity contribution in [1.82, 2.24) is 14.9 Å². The van der Waals surface area contributed by atoms with Gasteiger partial charge >= 0.3 is 5.97 Å². The van der Waals surface area contributed by atoms with Crippen LogP contribution in [0.25, 0.3) is 0 Å². The average molecular weight is 381 g/mol. The van der Waals surface area contributed by atoms with Gasteiger partial charge in [-0.1, -0.05) is 11.8 Å². The topological polar surface area (TPSA) is 89.5 Å². The molecule has 25 heavy (non-hydrogen) atoms. The summed E-state index contributed by atoms with van der Waals surface area (Å²) in [5.41, 5.74) is -1.52. The van der Waals surface area contributed by atoms with E-state index in [1.165, 1.54) is 28.4 Å². The SMILES string of the molecule is CC(C)(C)OC(=O)C1(CSc2ncccn2)CS[C@@H]2C(=O)C(=O)N2C1. The number of β-lactam (4-membered cyclic amide) rings is 1. The molecule has 7 nitrogen and oxygen atoms in total. The number of hydrogen-bond acceptors (Lipinski definition) is 8. The second-order valence-corrected chi connectivity index (χ2v) is 9.07.